The van der Waals surface area contributed by atoms with Gasteiger partial charge in [-0.1, -0.05) is 20.3 Å². The van der Waals surface area contributed by atoms with E-state index in [-0.39, 0.29) is 56.6 Å². The maximum atomic E-state index is 13.2. The van der Waals surface area contributed by atoms with Crippen LogP contribution in [0.5, 0.6) is 0 Å². The van der Waals surface area contributed by atoms with Crippen LogP contribution in [-0.4, -0.2) is 89.0 Å². The van der Waals surface area contributed by atoms with Gasteiger partial charge in [0.15, 0.2) is 11.9 Å². The minimum atomic E-state index is -1.74. The van der Waals surface area contributed by atoms with Gasteiger partial charge in [-0.2, -0.15) is 0 Å². The van der Waals surface area contributed by atoms with Crippen LogP contribution >= 0.6 is 0 Å². The standard InChI is InChI=1S/C22H42N10O7/c1-3-11(2)16(23)19(37)31-13(7-5-9-29-22(26)27)17(35)30-12(6-4-8-28-21(24)25)18(36)32-14(20(38)39)10-15(33)34/h11-14,16H,3-10,23H2,1-2H3,(H,30,35)(H,31,37)(H,32,36)(H,33,34)(H,38,39)(H4,24,25,28)(H4,26,27,29). The Labute approximate surface area is 226 Å². The predicted molar refractivity (Wildman–Crippen MR) is 143 cm³/mol. The Morgan fingerprint density at radius 1 is 0.744 bits per heavy atom. The summed E-state index contributed by atoms with van der Waals surface area (Å²) >= 11 is 0. The molecule has 17 heteroatoms. The molecule has 0 aromatic heterocycles. The lowest BCUT2D eigenvalue weighted by atomic mass is 9.98. The summed E-state index contributed by atoms with van der Waals surface area (Å²) in [6.07, 6.45) is 0.278. The van der Waals surface area contributed by atoms with Crippen molar-refractivity contribution in [3.8, 4) is 0 Å². The fourth-order valence-electron chi connectivity index (χ4n) is 3.24. The van der Waals surface area contributed by atoms with Gasteiger partial charge in [-0.05, 0) is 31.6 Å². The average Bonchev–Trinajstić information content (AvgIpc) is 2.85. The van der Waals surface area contributed by atoms with Crippen molar-refractivity contribution >= 4 is 41.6 Å². The topological polar surface area (TPSA) is 317 Å². The Bertz CT molecular complexity index is 904. The summed E-state index contributed by atoms with van der Waals surface area (Å²) in [6.45, 7) is 3.90. The van der Waals surface area contributed by atoms with Gasteiger partial charge in [0.1, 0.15) is 18.1 Å². The molecular weight excluding hydrogens is 516 g/mol. The fraction of sp³-hybridized carbons (Fsp3) is 0.682. The van der Waals surface area contributed by atoms with E-state index in [1.807, 2.05) is 6.92 Å². The second kappa shape index (κ2) is 18.2. The second-order valence-corrected chi connectivity index (χ2v) is 8.93. The zero-order valence-corrected chi connectivity index (χ0v) is 22.3. The normalized spacial score (nSPS) is 14.4. The molecule has 0 rings (SSSR count). The van der Waals surface area contributed by atoms with Gasteiger partial charge in [0.05, 0.1) is 12.5 Å². The first kappa shape index (κ1) is 34.9. The van der Waals surface area contributed by atoms with Gasteiger partial charge in [0.2, 0.25) is 17.7 Å². The van der Waals surface area contributed by atoms with Crippen LogP contribution in [0.4, 0.5) is 0 Å². The molecule has 222 valence electrons. The number of amides is 3. The highest BCUT2D eigenvalue weighted by Gasteiger charge is 2.31. The van der Waals surface area contributed by atoms with E-state index in [0.717, 1.165) is 0 Å². The Kier molecular flexibility index (Phi) is 16.2. The van der Waals surface area contributed by atoms with Gasteiger partial charge < -0.3 is 54.8 Å². The average molecular weight is 559 g/mol. The number of carboxylic acid groups (broad SMARTS) is 2. The van der Waals surface area contributed by atoms with Crippen molar-refractivity contribution in [2.75, 3.05) is 13.1 Å². The van der Waals surface area contributed by atoms with Gasteiger partial charge in [-0.15, -0.1) is 0 Å². The third-order valence-corrected chi connectivity index (χ3v) is 5.71. The second-order valence-electron chi connectivity index (χ2n) is 8.93. The Morgan fingerprint density at radius 3 is 1.51 bits per heavy atom. The molecule has 0 radical (unpaired) electrons. The van der Waals surface area contributed by atoms with Crippen molar-refractivity contribution in [2.45, 2.75) is 76.5 Å². The van der Waals surface area contributed by atoms with Crippen LogP contribution in [0.25, 0.3) is 0 Å². The Hall–Kier alpha value is -4.15. The molecular formula is C22H42N10O7. The molecule has 0 aromatic carbocycles. The summed E-state index contributed by atoms with van der Waals surface area (Å²) in [6, 6.07) is -5.07. The van der Waals surface area contributed by atoms with E-state index in [2.05, 4.69) is 25.9 Å². The minimum absolute atomic E-state index is 0.0329. The van der Waals surface area contributed by atoms with E-state index in [1.165, 1.54) is 0 Å². The molecule has 0 aromatic rings. The van der Waals surface area contributed by atoms with Crippen LogP contribution in [0, 0.1) is 5.92 Å². The van der Waals surface area contributed by atoms with Crippen LogP contribution in [0.2, 0.25) is 0 Å². The van der Waals surface area contributed by atoms with E-state index in [0.29, 0.717) is 6.42 Å². The smallest absolute Gasteiger partial charge is 0.326 e. The zero-order valence-electron chi connectivity index (χ0n) is 22.3. The summed E-state index contributed by atoms with van der Waals surface area (Å²) < 4.78 is 0. The van der Waals surface area contributed by atoms with E-state index in [9.17, 15) is 29.1 Å². The molecule has 3 amide bonds. The molecule has 15 N–H and O–H groups in total. The predicted octanol–water partition coefficient (Wildman–Crippen LogP) is -3.52. The number of aliphatic carboxylic acids is 2. The van der Waals surface area contributed by atoms with Crippen molar-refractivity contribution in [1.29, 1.82) is 0 Å². The SMILES string of the molecule is CCC(C)C(N)C(=O)NC(CCCN=C(N)N)C(=O)NC(CCCN=C(N)N)C(=O)NC(CC(=O)O)C(=O)O. The summed E-state index contributed by atoms with van der Waals surface area (Å²) in [5.41, 5.74) is 27.2. The lowest BCUT2D eigenvalue weighted by Gasteiger charge is -2.26. The molecule has 0 saturated heterocycles. The summed E-state index contributed by atoms with van der Waals surface area (Å²) in [5, 5.41) is 25.4. The van der Waals surface area contributed by atoms with Crippen molar-refractivity contribution in [3.05, 3.63) is 0 Å². The number of aliphatic imine (C=N–C) groups is 2. The van der Waals surface area contributed by atoms with Crippen molar-refractivity contribution < 1.29 is 34.2 Å². The maximum absolute atomic E-state index is 13.2. The van der Waals surface area contributed by atoms with Gasteiger partial charge in [-0.3, -0.25) is 29.2 Å². The summed E-state index contributed by atoms with van der Waals surface area (Å²) in [5.74, 6) is -5.80. The number of carboxylic acids is 2. The third-order valence-electron chi connectivity index (χ3n) is 5.71. The zero-order chi connectivity index (χ0) is 30.1. The largest absolute Gasteiger partial charge is 0.481 e. The molecule has 0 fully saturated rings. The summed E-state index contributed by atoms with van der Waals surface area (Å²) in [4.78, 5) is 68.9. The van der Waals surface area contributed by atoms with Crippen molar-refractivity contribution in [1.82, 2.24) is 16.0 Å². The molecule has 5 unspecified atom stereocenters. The van der Waals surface area contributed by atoms with E-state index >= 15 is 0 Å². The number of carbonyl (C=O) groups excluding carboxylic acids is 3. The minimum Gasteiger partial charge on any atom is -0.481 e. The van der Waals surface area contributed by atoms with Crippen molar-refractivity contribution in [3.63, 3.8) is 0 Å². The molecule has 0 spiro atoms. The van der Waals surface area contributed by atoms with Gasteiger partial charge in [0, 0.05) is 13.1 Å². The number of nitrogens with zero attached hydrogens (tertiary/aromatic N) is 2. The molecule has 39 heavy (non-hydrogen) atoms. The molecule has 0 aliphatic rings. The number of carbonyl (C=O) groups is 5. The third kappa shape index (κ3) is 15.0. The molecule has 0 aliphatic carbocycles. The maximum Gasteiger partial charge on any atom is 0.326 e. The molecule has 0 aliphatic heterocycles. The first-order valence-corrected chi connectivity index (χ1v) is 12.4. The van der Waals surface area contributed by atoms with E-state index < -0.39 is 60.2 Å². The lowest BCUT2D eigenvalue weighted by Crippen LogP contribution is -2.57. The molecule has 5 atom stereocenters. The highest BCUT2D eigenvalue weighted by atomic mass is 16.4. The van der Waals surface area contributed by atoms with Crippen molar-refractivity contribution in [2.24, 2.45) is 44.6 Å². The highest BCUT2D eigenvalue weighted by Crippen LogP contribution is 2.08. The van der Waals surface area contributed by atoms with Crippen LogP contribution in [0.1, 0.15) is 52.4 Å². The van der Waals surface area contributed by atoms with E-state index in [1.54, 1.807) is 6.92 Å². The molecule has 0 heterocycles. The number of rotatable bonds is 19. The molecule has 0 saturated carbocycles. The Morgan fingerprint density at radius 2 is 1.15 bits per heavy atom. The van der Waals surface area contributed by atoms with Gasteiger partial charge >= 0.3 is 11.9 Å². The van der Waals surface area contributed by atoms with Crippen LogP contribution in [0.15, 0.2) is 9.98 Å². The van der Waals surface area contributed by atoms with Gasteiger partial charge in [-0.25, -0.2) is 4.79 Å². The summed E-state index contributed by atoms with van der Waals surface area (Å²) in [7, 11) is 0. The van der Waals surface area contributed by atoms with Crippen LogP contribution < -0.4 is 44.6 Å². The quantitative estimate of drug-likeness (QED) is 0.0419. The first-order valence-electron chi connectivity index (χ1n) is 12.4. The monoisotopic (exact) mass is 558 g/mol. The van der Waals surface area contributed by atoms with E-state index in [4.69, 9.17) is 33.8 Å². The number of nitrogens with one attached hydrogen (secondary N) is 3. The molecule has 17 nitrogen and oxygen atoms in total. The van der Waals surface area contributed by atoms with Gasteiger partial charge in [0.25, 0.3) is 0 Å². The fourth-order valence-corrected chi connectivity index (χ4v) is 3.24. The number of hydrogen-bond acceptors (Lipinski definition) is 8. The lowest BCUT2D eigenvalue weighted by molar-refractivity contribution is -0.147. The van der Waals surface area contributed by atoms with Crippen LogP contribution in [-0.2, 0) is 24.0 Å². The first-order chi connectivity index (χ1) is 18.2. The number of nitrogens with two attached hydrogens (primary N) is 5. The number of hydrogen-bond donors (Lipinski definition) is 10. The Balaban J connectivity index is 5.82. The number of guanidine groups is 2. The highest BCUT2D eigenvalue weighted by molar-refractivity contribution is 5.94. The molecule has 0 bridgehead atoms. The van der Waals surface area contributed by atoms with Crippen LogP contribution in [0.3, 0.4) is 0 Å².